The zero-order valence-electron chi connectivity index (χ0n) is 18.6. The molecule has 2 fully saturated rings. The summed E-state index contributed by atoms with van der Waals surface area (Å²) in [7, 11) is -1.07. The molecule has 0 bridgehead atoms. The quantitative estimate of drug-likeness (QED) is 0.613. The van der Waals surface area contributed by atoms with Crippen molar-refractivity contribution in [3.05, 3.63) is 24.0 Å². The molecule has 1 unspecified atom stereocenters. The van der Waals surface area contributed by atoms with Crippen molar-refractivity contribution in [2.75, 3.05) is 22.6 Å². The molecule has 5 rings (SSSR count). The highest BCUT2D eigenvalue weighted by Gasteiger charge is 2.42. The first kappa shape index (κ1) is 22.5. The minimum Gasteiger partial charge on any atom is -0.448 e. The van der Waals surface area contributed by atoms with Crippen molar-refractivity contribution in [3.8, 4) is 11.5 Å². The fourth-order valence-electron chi connectivity index (χ4n) is 4.73. The summed E-state index contributed by atoms with van der Waals surface area (Å²) in [6, 6.07) is 5.49. The Balaban J connectivity index is 1.15. The lowest BCUT2D eigenvalue weighted by Crippen LogP contribution is -2.40. The highest BCUT2D eigenvalue weighted by molar-refractivity contribution is 7.99. The van der Waals surface area contributed by atoms with Gasteiger partial charge in [-0.3, -0.25) is 4.79 Å². The molecular formula is C22H28N4O5S2. The van der Waals surface area contributed by atoms with Crippen LogP contribution in [0.3, 0.4) is 0 Å². The van der Waals surface area contributed by atoms with Crippen molar-refractivity contribution in [2.24, 2.45) is 13.0 Å². The number of thioether (sulfide) groups is 1. The fraction of sp³-hybridized carbons (Fsp3) is 0.591. The third-order valence-electron chi connectivity index (χ3n) is 6.49. The van der Waals surface area contributed by atoms with Gasteiger partial charge >= 0.3 is 0 Å². The highest BCUT2D eigenvalue weighted by atomic mass is 32.2. The van der Waals surface area contributed by atoms with E-state index in [0.717, 1.165) is 37.3 Å². The van der Waals surface area contributed by atoms with Crippen LogP contribution in [0.4, 0.5) is 5.69 Å². The summed E-state index contributed by atoms with van der Waals surface area (Å²) in [4.78, 5) is 12.5. The molecule has 178 valence electrons. The summed E-state index contributed by atoms with van der Waals surface area (Å²) in [6.45, 7) is 0. The number of ether oxygens (including phenoxy) is 2. The van der Waals surface area contributed by atoms with Crippen LogP contribution in [0.25, 0.3) is 0 Å². The Morgan fingerprint density at radius 3 is 2.76 bits per heavy atom. The normalized spacial score (nSPS) is 22.5. The maximum Gasteiger partial charge on any atom is 0.251 e. The lowest BCUT2D eigenvalue weighted by Gasteiger charge is -2.31. The van der Waals surface area contributed by atoms with Crippen LogP contribution in [0.2, 0.25) is 0 Å². The third kappa shape index (κ3) is 4.98. The topological polar surface area (TPSA) is 112 Å². The molecule has 11 heteroatoms. The van der Waals surface area contributed by atoms with E-state index in [1.807, 2.05) is 29.8 Å². The van der Waals surface area contributed by atoms with Crippen molar-refractivity contribution in [2.45, 2.75) is 55.9 Å². The number of nitrogens with one attached hydrogen (secondary N) is 1. The number of aromatic nitrogens is 3. The molecule has 1 aliphatic carbocycles. The predicted octanol–water partition coefficient (Wildman–Crippen LogP) is 2.95. The summed E-state index contributed by atoms with van der Waals surface area (Å²) in [6.07, 6.45) is 6.41. The largest absolute Gasteiger partial charge is 0.448 e. The van der Waals surface area contributed by atoms with E-state index in [1.54, 1.807) is 0 Å². The average molecular weight is 493 g/mol. The van der Waals surface area contributed by atoms with Gasteiger partial charge in [0.25, 0.3) is 5.79 Å². The molecule has 1 atom stereocenters. The van der Waals surface area contributed by atoms with Crippen LogP contribution < -0.4 is 14.8 Å². The van der Waals surface area contributed by atoms with Crippen LogP contribution in [0.15, 0.2) is 23.4 Å². The SMILES string of the molecule is Cn1c(CC2CCS(=O)(=O)C2)nnc1SCC(=O)Nc1ccc2c(c1)OC1(CCCCC1)O2. The van der Waals surface area contributed by atoms with E-state index in [4.69, 9.17) is 9.47 Å². The van der Waals surface area contributed by atoms with E-state index in [0.29, 0.717) is 29.4 Å². The van der Waals surface area contributed by atoms with Crippen molar-refractivity contribution in [1.82, 2.24) is 14.8 Å². The number of anilines is 1. The van der Waals surface area contributed by atoms with E-state index >= 15 is 0 Å². The van der Waals surface area contributed by atoms with Crippen LogP contribution >= 0.6 is 11.8 Å². The van der Waals surface area contributed by atoms with Crippen molar-refractivity contribution >= 4 is 33.2 Å². The first-order valence-electron chi connectivity index (χ1n) is 11.3. The molecule has 1 N–H and O–H groups in total. The molecule has 1 saturated heterocycles. The Morgan fingerprint density at radius 2 is 2.00 bits per heavy atom. The molecule has 2 aromatic rings. The molecular weight excluding hydrogens is 464 g/mol. The minimum atomic E-state index is -2.92. The maximum absolute atomic E-state index is 12.5. The van der Waals surface area contributed by atoms with Gasteiger partial charge in [0.2, 0.25) is 5.91 Å². The van der Waals surface area contributed by atoms with Crippen molar-refractivity contribution < 1.29 is 22.7 Å². The van der Waals surface area contributed by atoms with Crippen LogP contribution in [-0.2, 0) is 28.1 Å². The third-order valence-corrected chi connectivity index (χ3v) is 9.35. The molecule has 9 nitrogen and oxygen atoms in total. The Morgan fingerprint density at radius 1 is 1.21 bits per heavy atom. The summed E-state index contributed by atoms with van der Waals surface area (Å²) in [5, 5.41) is 11.9. The van der Waals surface area contributed by atoms with Gasteiger partial charge in [0.1, 0.15) is 5.82 Å². The van der Waals surface area contributed by atoms with Gasteiger partial charge < -0.3 is 19.4 Å². The van der Waals surface area contributed by atoms with Crippen LogP contribution in [0.1, 0.15) is 44.3 Å². The Labute approximate surface area is 197 Å². The second-order valence-corrected chi connectivity index (χ2v) is 12.3. The number of carbonyl (C=O) groups excluding carboxylic acids is 1. The predicted molar refractivity (Wildman–Crippen MR) is 124 cm³/mol. The zero-order chi connectivity index (χ0) is 23.1. The molecule has 2 aliphatic heterocycles. The average Bonchev–Trinajstić information content (AvgIpc) is 3.42. The second-order valence-electron chi connectivity index (χ2n) is 9.10. The van der Waals surface area contributed by atoms with Crippen LogP contribution in [0.5, 0.6) is 11.5 Å². The molecule has 33 heavy (non-hydrogen) atoms. The monoisotopic (exact) mass is 492 g/mol. The molecule has 1 aromatic heterocycles. The summed E-state index contributed by atoms with van der Waals surface area (Å²) < 4.78 is 37.4. The van der Waals surface area contributed by atoms with E-state index in [2.05, 4.69) is 15.5 Å². The number of carbonyl (C=O) groups is 1. The second kappa shape index (κ2) is 8.83. The summed E-state index contributed by atoms with van der Waals surface area (Å²) in [5.74, 6) is 2.18. The first-order chi connectivity index (χ1) is 15.8. The molecule has 3 aliphatic rings. The number of benzene rings is 1. The van der Waals surface area contributed by atoms with Gasteiger partial charge in [0, 0.05) is 38.1 Å². The summed E-state index contributed by atoms with van der Waals surface area (Å²) in [5.41, 5.74) is 0.664. The van der Waals surface area contributed by atoms with E-state index in [-0.39, 0.29) is 29.1 Å². The Hall–Kier alpha value is -2.27. The molecule has 1 aromatic carbocycles. The summed E-state index contributed by atoms with van der Waals surface area (Å²) >= 11 is 1.30. The number of sulfone groups is 1. The van der Waals surface area contributed by atoms with Crippen molar-refractivity contribution in [1.29, 1.82) is 0 Å². The van der Waals surface area contributed by atoms with E-state index in [9.17, 15) is 13.2 Å². The highest BCUT2D eigenvalue weighted by Crippen LogP contribution is 2.46. The number of fused-ring (bicyclic) bond motifs is 1. The van der Waals surface area contributed by atoms with Crippen LogP contribution in [0, 0.1) is 5.92 Å². The van der Waals surface area contributed by atoms with E-state index in [1.165, 1.54) is 18.2 Å². The molecule has 1 amide bonds. The van der Waals surface area contributed by atoms with E-state index < -0.39 is 15.6 Å². The number of hydrogen-bond acceptors (Lipinski definition) is 8. The maximum atomic E-state index is 12.5. The number of amides is 1. The fourth-order valence-corrected chi connectivity index (χ4v) is 7.32. The minimum absolute atomic E-state index is 0.0813. The number of nitrogens with zero attached hydrogens (tertiary/aromatic N) is 3. The van der Waals surface area contributed by atoms with Crippen molar-refractivity contribution in [3.63, 3.8) is 0 Å². The first-order valence-corrected chi connectivity index (χ1v) is 14.1. The zero-order valence-corrected chi connectivity index (χ0v) is 20.2. The standard InChI is InChI=1S/C22H28N4O5S2/c1-26-19(11-15-7-10-33(28,29)14-15)24-25-21(26)32-13-20(27)23-16-5-6-17-18(12-16)31-22(30-17)8-3-2-4-9-22/h5-6,12,15H,2-4,7-11,13-14H2,1H3,(H,23,27). The van der Waals surface area contributed by atoms with Gasteiger partial charge in [0.15, 0.2) is 26.5 Å². The number of hydrogen-bond donors (Lipinski definition) is 1. The van der Waals surface area contributed by atoms with Gasteiger partial charge in [-0.2, -0.15) is 0 Å². The van der Waals surface area contributed by atoms with Gasteiger partial charge in [0.05, 0.1) is 17.3 Å². The van der Waals surface area contributed by atoms with Gasteiger partial charge in [-0.15, -0.1) is 10.2 Å². The van der Waals surface area contributed by atoms with Gasteiger partial charge in [-0.05, 0) is 37.3 Å². The molecule has 3 heterocycles. The van der Waals surface area contributed by atoms with Gasteiger partial charge in [-0.1, -0.05) is 18.2 Å². The Bertz CT molecular complexity index is 1160. The lowest BCUT2D eigenvalue weighted by atomic mass is 9.94. The van der Waals surface area contributed by atoms with Crippen LogP contribution in [-0.4, -0.2) is 52.1 Å². The smallest absolute Gasteiger partial charge is 0.251 e. The van der Waals surface area contributed by atoms with Gasteiger partial charge in [-0.25, -0.2) is 8.42 Å². The Kier molecular flexibility index (Phi) is 6.02. The lowest BCUT2D eigenvalue weighted by molar-refractivity contribution is -0.113. The molecule has 1 saturated carbocycles. The molecule has 0 radical (unpaired) electrons. The molecule has 1 spiro atoms. The number of rotatable bonds is 6.